The molecule has 2 unspecified atom stereocenters. The highest BCUT2D eigenvalue weighted by molar-refractivity contribution is 5.56. The van der Waals surface area contributed by atoms with Crippen molar-refractivity contribution in [2.75, 3.05) is 11.9 Å². The summed E-state index contributed by atoms with van der Waals surface area (Å²) >= 11 is 0. The van der Waals surface area contributed by atoms with Gasteiger partial charge in [0.05, 0.1) is 17.6 Å². The van der Waals surface area contributed by atoms with Crippen molar-refractivity contribution >= 4 is 11.4 Å². The van der Waals surface area contributed by atoms with Gasteiger partial charge in [-0.3, -0.25) is 10.1 Å². The largest absolute Gasteiger partial charge is 0.494 e. The van der Waals surface area contributed by atoms with E-state index in [0.29, 0.717) is 18.3 Å². The van der Waals surface area contributed by atoms with Crippen LogP contribution in [0.4, 0.5) is 11.4 Å². The summed E-state index contributed by atoms with van der Waals surface area (Å²) in [4.78, 5) is 10.5. The highest BCUT2D eigenvalue weighted by Gasteiger charge is 2.14. The fourth-order valence-electron chi connectivity index (χ4n) is 1.78. The van der Waals surface area contributed by atoms with Crippen LogP contribution in [0.5, 0.6) is 5.75 Å². The Kier molecular flexibility index (Phi) is 5.60. The molecule has 0 saturated heterocycles. The molecule has 0 spiro atoms. The number of nitrogens with zero attached hydrogens (tertiary/aromatic N) is 1. The summed E-state index contributed by atoms with van der Waals surface area (Å²) in [5.74, 6) is 1.02. The highest BCUT2D eigenvalue weighted by Crippen LogP contribution is 2.27. The molecule has 1 aromatic rings. The van der Waals surface area contributed by atoms with Gasteiger partial charge in [-0.1, -0.05) is 20.3 Å². The number of hydrogen-bond donors (Lipinski definition) is 1. The van der Waals surface area contributed by atoms with Gasteiger partial charge in [-0.15, -0.1) is 0 Å². The Morgan fingerprint density at radius 3 is 2.53 bits per heavy atom. The second-order valence-corrected chi connectivity index (χ2v) is 4.72. The molecule has 0 heterocycles. The Balaban J connectivity index is 2.95. The van der Waals surface area contributed by atoms with Crippen LogP contribution in [0.2, 0.25) is 0 Å². The molecule has 0 aliphatic carbocycles. The third kappa shape index (κ3) is 4.43. The molecular weight excluding hydrogens is 244 g/mol. The third-order valence-electron chi connectivity index (χ3n) is 3.30. The zero-order valence-electron chi connectivity index (χ0n) is 12.0. The van der Waals surface area contributed by atoms with E-state index < -0.39 is 4.92 Å². The molecule has 106 valence electrons. The van der Waals surface area contributed by atoms with Gasteiger partial charge in [0.2, 0.25) is 0 Å². The molecule has 0 aliphatic rings. The summed E-state index contributed by atoms with van der Waals surface area (Å²) in [7, 11) is 0. The van der Waals surface area contributed by atoms with E-state index in [0.717, 1.165) is 12.1 Å². The molecule has 0 fully saturated rings. The van der Waals surface area contributed by atoms with Crippen molar-refractivity contribution in [1.29, 1.82) is 0 Å². The first kappa shape index (κ1) is 15.3. The standard InChI is InChI=1S/C14H22N2O3/c1-5-10(3)11(4)15-12-7-13(16(17)18)9-14(8-12)19-6-2/h7-11,15H,5-6H2,1-4H3. The average Bonchev–Trinajstić information content (AvgIpc) is 2.37. The number of ether oxygens (including phenoxy) is 1. The summed E-state index contributed by atoms with van der Waals surface area (Å²) < 4.78 is 5.36. The number of hydrogen-bond acceptors (Lipinski definition) is 4. The van der Waals surface area contributed by atoms with Crippen LogP contribution >= 0.6 is 0 Å². The minimum absolute atomic E-state index is 0.0461. The second-order valence-electron chi connectivity index (χ2n) is 4.72. The van der Waals surface area contributed by atoms with Crippen molar-refractivity contribution in [3.05, 3.63) is 28.3 Å². The zero-order chi connectivity index (χ0) is 14.4. The molecule has 5 nitrogen and oxygen atoms in total. The topological polar surface area (TPSA) is 64.4 Å². The maximum absolute atomic E-state index is 10.9. The first-order valence-electron chi connectivity index (χ1n) is 6.66. The fourth-order valence-corrected chi connectivity index (χ4v) is 1.78. The summed E-state index contributed by atoms with van der Waals surface area (Å²) in [6, 6.07) is 5.04. The van der Waals surface area contributed by atoms with Gasteiger partial charge in [0.25, 0.3) is 5.69 Å². The molecule has 1 rings (SSSR count). The van der Waals surface area contributed by atoms with Crippen LogP contribution in [0.1, 0.15) is 34.1 Å². The van der Waals surface area contributed by atoms with Gasteiger partial charge in [-0.2, -0.15) is 0 Å². The monoisotopic (exact) mass is 266 g/mol. The summed E-state index contributed by atoms with van der Waals surface area (Å²) in [6.45, 7) is 8.70. The van der Waals surface area contributed by atoms with E-state index in [1.165, 1.54) is 6.07 Å². The number of non-ortho nitro benzene ring substituents is 1. The summed E-state index contributed by atoms with van der Waals surface area (Å²) in [5.41, 5.74) is 0.773. The Morgan fingerprint density at radius 2 is 2.00 bits per heavy atom. The molecule has 2 atom stereocenters. The van der Waals surface area contributed by atoms with Gasteiger partial charge in [-0.25, -0.2) is 0 Å². The predicted octanol–water partition coefficient (Wildman–Crippen LogP) is 3.84. The first-order valence-corrected chi connectivity index (χ1v) is 6.66. The van der Waals surface area contributed by atoms with Crippen LogP contribution in [-0.2, 0) is 0 Å². The minimum Gasteiger partial charge on any atom is -0.494 e. The van der Waals surface area contributed by atoms with E-state index in [1.807, 2.05) is 6.92 Å². The molecule has 1 aromatic carbocycles. The Morgan fingerprint density at radius 1 is 1.32 bits per heavy atom. The Bertz CT molecular complexity index is 435. The average molecular weight is 266 g/mol. The molecule has 0 aliphatic heterocycles. The molecule has 0 bridgehead atoms. The SMILES string of the molecule is CCOc1cc(NC(C)C(C)CC)cc([N+](=O)[O-])c1. The summed E-state index contributed by atoms with van der Waals surface area (Å²) in [6.07, 6.45) is 1.06. The van der Waals surface area contributed by atoms with Crippen LogP contribution in [-0.4, -0.2) is 17.6 Å². The molecule has 0 radical (unpaired) electrons. The lowest BCUT2D eigenvalue weighted by Gasteiger charge is -2.21. The molecular formula is C14H22N2O3. The number of benzene rings is 1. The van der Waals surface area contributed by atoms with Crippen molar-refractivity contribution in [1.82, 2.24) is 0 Å². The summed E-state index contributed by atoms with van der Waals surface area (Å²) in [5, 5.41) is 14.2. The molecule has 19 heavy (non-hydrogen) atoms. The lowest BCUT2D eigenvalue weighted by atomic mass is 10.0. The molecule has 0 saturated carbocycles. The first-order chi connectivity index (χ1) is 8.97. The second kappa shape index (κ2) is 6.97. The Labute approximate surface area is 114 Å². The number of rotatable bonds is 7. The number of nitro groups is 1. The van der Waals surface area contributed by atoms with Gasteiger partial charge in [0.1, 0.15) is 5.75 Å². The van der Waals surface area contributed by atoms with Gasteiger partial charge >= 0.3 is 0 Å². The lowest BCUT2D eigenvalue weighted by Crippen LogP contribution is -2.23. The fraction of sp³-hybridized carbons (Fsp3) is 0.571. The van der Waals surface area contributed by atoms with E-state index in [2.05, 4.69) is 26.1 Å². The number of nitrogens with one attached hydrogen (secondary N) is 1. The van der Waals surface area contributed by atoms with Crippen LogP contribution in [0.25, 0.3) is 0 Å². The smallest absolute Gasteiger partial charge is 0.275 e. The lowest BCUT2D eigenvalue weighted by molar-refractivity contribution is -0.384. The van der Waals surface area contributed by atoms with E-state index in [1.54, 1.807) is 12.1 Å². The van der Waals surface area contributed by atoms with E-state index in [9.17, 15) is 10.1 Å². The van der Waals surface area contributed by atoms with Gasteiger partial charge < -0.3 is 10.1 Å². The van der Waals surface area contributed by atoms with Crippen LogP contribution < -0.4 is 10.1 Å². The number of anilines is 1. The van der Waals surface area contributed by atoms with Crippen molar-refractivity contribution < 1.29 is 9.66 Å². The molecule has 5 heteroatoms. The van der Waals surface area contributed by atoms with Gasteiger partial charge in [0, 0.05) is 23.9 Å². The zero-order valence-corrected chi connectivity index (χ0v) is 12.0. The van der Waals surface area contributed by atoms with E-state index in [4.69, 9.17) is 4.74 Å². The predicted molar refractivity (Wildman–Crippen MR) is 76.8 cm³/mol. The quantitative estimate of drug-likeness (QED) is 0.601. The van der Waals surface area contributed by atoms with Crippen molar-refractivity contribution in [3.8, 4) is 5.75 Å². The maximum atomic E-state index is 10.9. The normalized spacial score (nSPS) is 13.7. The van der Waals surface area contributed by atoms with Crippen LogP contribution in [0.3, 0.4) is 0 Å². The minimum atomic E-state index is -0.401. The van der Waals surface area contributed by atoms with Crippen molar-refractivity contribution in [3.63, 3.8) is 0 Å². The van der Waals surface area contributed by atoms with Gasteiger partial charge in [0.15, 0.2) is 0 Å². The number of nitro benzene ring substituents is 1. The Hall–Kier alpha value is -1.78. The maximum Gasteiger partial charge on any atom is 0.275 e. The van der Waals surface area contributed by atoms with Crippen LogP contribution in [0, 0.1) is 16.0 Å². The third-order valence-corrected chi connectivity index (χ3v) is 3.30. The molecule has 0 aromatic heterocycles. The van der Waals surface area contributed by atoms with Crippen molar-refractivity contribution in [2.24, 2.45) is 5.92 Å². The molecule has 1 N–H and O–H groups in total. The van der Waals surface area contributed by atoms with Crippen LogP contribution in [0.15, 0.2) is 18.2 Å². The highest BCUT2D eigenvalue weighted by atomic mass is 16.6. The van der Waals surface area contributed by atoms with Crippen molar-refractivity contribution in [2.45, 2.75) is 40.2 Å². The van der Waals surface area contributed by atoms with Gasteiger partial charge in [-0.05, 0) is 19.8 Å². The van der Waals surface area contributed by atoms with E-state index in [-0.39, 0.29) is 11.7 Å². The van der Waals surface area contributed by atoms with E-state index >= 15 is 0 Å². The molecule has 0 amide bonds.